The van der Waals surface area contributed by atoms with Crippen molar-refractivity contribution in [3.05, 3.63) is 82.6 Å². The van der Waals surface area contributed by atoms with E-state index in [9.17, 15) is 18.0 Å². The van der Waals surface area contributed by atoms with Crippen LogP contribution >= 0.6 is 11.6 Å². The van der Waals surface area contributed by atoms with Gasteiger partial charge < -0.3 is 5.32 Å². The molecule has 32 heavy (non-hydrogen) atoms. The number of nitrogens with one attached hydrogen (secondary N) is 1. The van der Waals surface area contributed by atoms with Gasteiger partial charge in [-0.25, -0.2) is 4.99 Å². The molecule has 0 aliphatic carbocycles. The summed E-state index contributed by atoms with van der Waals surface area (Å²) < 4.78 is 38.8. The summed E-state index contributed by atoms with van der Waals surface area (Å²) in [7, 11) is 1.58. The maximum atomic E-state index is 12.9. The number of carbonyl (C=O) groups excluding carboxylic acids is 1. The van der Waals surface area contributed by atoms with Gasteiger partial charge in [-0.05, 0) is 55.6 Å². The molecule has 1 amide bonds. The molecule has 1 heterocycles. The number of anilines is 1. The lowest BCUT2D eigenvalue weighted by atomic mass is 9.99. The molecule has 0 aromatic heterocycles. The summed E-state index contributed by atoms with van der Waals surface area (Å²) in [5.41, 5.74) is 2.53. The minimum absolute atomic E-state index is 0.106. The number of hydrogen-bond donors (Lipinski definition) is 1. The molecule has 0 bridgehead atoms. The lowest BCUT2D eigenvalue weighted by molar-refractivity contribution is -0.137. The molecular formula is C23H18ClF3N4O. The van der Waals surface area contributed by atoms with Crippen molar-refractivity contribution in [2.24, 2.45) is 15.0 Å². The quantitative estimate of drug-likeness (QED) is 0.568. The highest BCUT2D eigenvalue weighted by Crippen LogP contribution is 2.31. The molecule has 0 fully saturated rings. The second kappa shape index (κ2) is 9.32. The Bertz CT molecular complexity index is 1210. The van der Waals surface area contributed by atoms with Crippen molar-refractivity contribution in [2.45, 2.75) is 13.1 Å². The van der Waals surface area contributed by atoms with Crippen LogP contribution in [0.3, 0.4) is 0 Å². The van der Waals surface area contributed by atoms with Gasteiger partial charge in [0.05, 0.1) is 11.3 Å². The fraction of sp³-hybridized carbons (Fsp3) is 0.130. The lowest BCUT2D eigenvalue weighted by Crippen LogP contribution is -2.15. The highest BCUT2D eigenvalue weighted by Gasteiger charge is 2.31. The van der Waals surface area contributed by atoms with Gasteiger partial charge in [0, 0.05) is 35.6 Å². The Morgan fingerprint density at radius 1 is 1.22 bits per heavy atom. The fourth-order valence-corrected chi connectivity index (χ4v) is 3.38. The van der Waals surface area contributed by atoms with Gasteiger partial charge in [-0.3, -0.25) is 14.8 Å². The molecule has 2 aromatic carbocycles. The van der Waals surface area contributed by atoms with E-state index in [1.54, 1.807) is 31.3 Å². The van der Waals surface area contributed by atoms with E-state index < -0.39 is 17.6 Å². The van der Waals surface area contributed by atoms with Crippen LogP contribution in [0.25, 0.3) is 5.70 Å². The van der Waals surface area contributed by atoms with Gasteiger partial charge >= 0.3 is 6.18 Å². The van der Waals surface area contributed by atoms with E-state index in [2.05, 4.69) is 27.0 Å². The molecule has 0 saturated heterocycles. The van der Waals surface area contributed by atoms with E-state index in [0.29, 0.717) is 28.2 Å². The number of nitrogens with zero attached hydrogens (tertiary/aromatic N) is 3. The number of amides is 1. The third kappa shape index (κ3) is 5.03. The average molecular weight is 459 g/mol. The smallest absolute Gasteiger partial charge is 0.322 e. The van der Waals surface area contributed by atoms with Crippen LogP contribution in [0.2, 0.25) is 0 Å². The maximum absolute atomic E-state index is 12.9. The number of aryl methyl sites for hydroxylation is 1. The minimum atomic E-state index is -4.54. The normalized spacial score (nSPS) is 16.6. The number of aliphatic imine (C=N–C) groups is 3. The molecule has 0 unspecified atom stereocenters. The van der Waals surface area contributed by atoms with Crippen LogP contribution in [-0.4, -0.2) is 30.6 Å². The molecule has 0 atom stereocenters. The third-order valence-corrected chi connectivity index (χ3v) is 4.92. The SMILES string of the molecule is C=N/C=C1/C=C(c2cc(NC(=O)c3cccc(C(F)(F)F)c3)ccc2C)N=C(Cl)C1=NC. The Kier molecular flexibility index (Phi) is 6.74. The van der Waals surface area contributed by atoms with Crippen LogP contribution in [0.4, 0.5) is 18.9 Å². The molecule has 0 spiro atoms. The van der Waals surface area contributed by atoms with Crippen molar-refractivity contribution >= 4 is 46.5 Å². The summed E-state index contributed by atoms with van der Waals surface area (Å²) in [6, 6.07) is 9.32. The molecule has 1 N–H and O–H groups in total. The van der Waals surface area contributed by atoms with Crippen LogP contribution in [-0.2, 0) is 6.18 Å². The molecular weight excluding hydrogens is 441 g/mol. The van der Waals surface area contributed by atoms with Gasteiger partial charge in [0.25, 0.3) is 5.91 Å². The number of halogens is 4. The molecule has 164 valence electrons. The molecule has 3 rings (SSSR count). The summed E-state index contributed by atoms with van der Waals surface area (Å²) >= 11 is 6.28. The first-order chi connectivity index (χ1) is 15.1. The van der Waals surface area contributed by atoms with Gasteiger partial charge in [0.15, 0.2) is 5.17 Å². The number of benzene rings is 2. The highest BCUT2D eigenvalue weighted by atomic mass is 35.5. The van der Waals surface area contributed by atoms with Crippen LogP contribution in [0, 0.1) is 6.92 Å². The third-order valence-electron chi connectivity index (χ3n) is 4.66. The van der Waals surface area contributed by atoms with Crippen LogP contribution in [0.1, 0.15) is 27.0 Å². The van der Waals surface area contributed by atoms with Crippen molar-refractivity contribution in [3.8, 4) is 0 Å². The molecule has 2 aromatic rings. The number of hydrogen-bond acceptors (Lipinski definition) is 4. The number of alkyl halides is 3. The molecule has 0 saturated carbocycles. The highest BCUT2D eigenvalue weighted by molar-refractivity contribution is 6.86. The van der Waals surface area contributed by atoms with Crippen molar-refractivity contribution in [1.82, 2.24) is 0 Å². The minimum Gasteiger partial charge on any atom is -0.322 e. The molecule has 9 heteroatoms. The van der Waals surface area contributed by atoms with E-state index in [1.807, 2.05) is 6.92 Å². The Hall–Kier alpha value is -3.52. The van der Waals surface area contributed by atoms with Gasteiger partial charge in [0.1, 0.15) is 5.71 Å². The van der Waals surface area contributed by atoms with Crippen molar-refractivity contribution in [1.29, 1.82) is 0 Å². The molecule has 0 radical (unpaired) electrons. The molecule has 5 nitrogen and oxygen atoms in total. The van der Waals surface area contributed by atoms with Crippen LogP contribution in [0.5, 0.6) is 0 Å². The van der Waals surface area contributed by atoms with Crippen molar-refractivity contribution < 1.29 is 18.0 Å². The largest absolute Gasteiger partial charge is 0.416 e. The van der Waals surface area contributed by atoms with E-state index in [-0.39, 0.29) is 10.7 Å². The van der Waals surface area contributed by atoms with Gasteiger partial charge in [-0.2, -0.15) is 13.2 Å². The van der Waals surface area contributed by atoms with Gasteiger partial charge in [-0.1, -0.05) is 23.7 Å². The average Bonchev–Trinajstić information content (AvgIpc) is 2.74. The number of rotatable bonds is 4. The Labute approximate surface area is 187 Å². The monoisotopic (exact) mass is 458 g/mol. The first-order valence-electron chi connectivity index (χ1n) is 9.33. The lowest BCUT2D eigenvalue weighted by Gasteiger charge is -2.16. The molecule has 1 aliphatic heterocycles. The van der Waals surface area contributed by atoms with Crippen LogP contribution < -0.4 is 5.32 Å². The first-order valence-corrected chi connectivity index (χ1v) is 9.71. The van der Waals surface area contributed by atoms with Gasteiger partial charge in [0.2, 0.25) is 0 Å². The van der Waals surface area contributed by atoms with E-state index in [0.717, 1.165) is 17.7 Å². The first kappa shape index (κ1) is 23.1. The van der Waals surface area contributed by atoms with Gasteiger partial charge in [-0.15, -0.1) is 0 Å². The van der Waals surface area contributed by atoms with Crippen LogP contribution in [0.15, 0.2) is 75.3 Å². The summed E-state index contributed by atoms with van der Waals surface area (Å²) in [4.78, 5) is 24.8. The second-order valence-electron chi connectivity index (χ2n) is 6.83. The Balaban J connectivity index is 1.94. The zero-order valence-corrected chi connectivity index (χ0v) is 17.9. The summed E-state index contributed by atoms with van der Waals surface area (Å²) in [5.74, 6) is -0.665. The predicted molar refractivity (Wildman–Crippen MR) is 123 cm³/mol. The summed E-state index contributed by atoms with van der Waals surface area (Å²) in [6.07, 6.45) is -1.29. The zero-order valence-electron chi connectivity index (χ0n) is 17.2. The van der Waals surface area contributed by atoms with Crippen molar-refractivity contribution in [3.63, 3.8) is 0 Å². The fourth-order valence-electron chi connectivity index (χ4n) is 3.10. The number of allylic oxidation sites excluding steroid dienone is 2. The molecule has 1 aliphatic rings. The van der Waals surface area contributed by atoms with E-state index in [4.69, 9.17) is 11.6 Å². The summed E-state index contributed by atoms with van der Waals surface area (Å²) in [6.45, 7) is 5.31. The standard InChI is InChI=1S/C23H18ClF3N4O/c1-13-7-8-17(30-22(32)14-5-4-6-16(9-14)23(25,26)27)11-18(13)19-10-15(12-28-2)20(29-3)21(24)31-19/h4-12H,2H2,1,3H3,(H,30,32)/b15-12-,29-20?. The summed E-state index contributed by atoms with van der Waals surface area (Å²) in [5, 5.41) is 2.81. The number of carbonyl (C=O) groups is 1. The van der Waals surface area contributed by atoms with Crippen molar-refractivity contribution in [2.75, 3.05) is 12.4 Å². The maximum Gasteiger partial charge on any atom is 0.416 e. The Morgan fingerprint density at radius 2 is 1.97 bits per heavy atom. The zero-order chi connectivity index (χ0) is 23.5. The topological polar surface area (TPSA) is 66.2 Å². The van der Waals surface area contributed by atoms with E-state index in [1.165, 1.54) is 18.3 Å². The predicted octanol–water partition coefficient (Wildman–Crippen LogP) is 5.91. The Morgan fingerprint density at radius 3 is 2.62 bits per heavy atom. The van der Waals surface area contributed by atoms with E-state index >= 15 is 0 Å². The second-order valence-corrected chi connectivity index (χ2v) is 7.19.